The van der Waals surface area contributed by atoms with Gasteiger partial charge in [-0.3, -0.25) is 4.79 Å². The van der Waals surface area contributed by atoms with Crippen LogP contribution in [0.2, 0.25) is 0 Å². The van der Waals surface area contributed by atoms with E-state index in [1.54, 1.807) is 6.08 Å². The summed E-state index contributed by atoms with van der Waals surface area (Å²) in [5, 5.41) is 5.01. The maximum Gasteiger partial charge on any atom is 0.280 e. The summed E-state index contributed by atoms with van der Waals surface area (Å²) in [7, 11) is 0. The third-order valence-corrected chi connectivity index (χ3v) is 2.18. The summed E-state index contributed by atoms with van der Waals surface area (Å²) >= 11 is 1.35. The number of aryl methyl sites for hydroxylation is 1. The molecule has 0 fully saturated rings. The molecule has 0 saturated heterocycles. The fraction of sp³-hybridized carbons (Fsp3) is 0.250. The third kappa shape index (κ3) is 2.17. The number of nitrogens with one attached hydrogen (secondary N) is 1. The molecule has 0 radical (unpaired) electrons. The highest BCUT2D eigenvalue weighted by Gasteiger charge is 2.07. The fourth-order valence-electron chi connectivity index (χ4n) is 0.699. The Labute approximate surface area is 75.1 Å². The topological polar surface area (TPSA) is 42.0 Å². The van der Waals surface area contributed by atoms with Gasteiger partial charge < -0.3 is 5.32 Å². The number of rotatable bonds is 3. The number of hydrogen-bond acceptors (Lipinski definition) is 3. The van der Waals surface area contributed by atoms with Crippen LogP contribution in [-0.4, -0.2) is 17.4 Å². The molecule has 0 spiro atoms. The van der Waals surface area contributed by atoms with E-state index in [-0.39, 0.29) is 5.91 Å². The molecule has 0 aliphatic heterocycles. The van der Waals surface area contributed by atoms with Gasteiger partial charge in [-0.15, -0.1) is 17.9 Å². The number of carbonyl (C=O) groups excluding carboxylic acids is 1. The molecule has 0 saturated carbocycles. The van der Waals surface area contributed by atoms with Gasteiger partial charge in [-0.2, -0.15) is 0 Å². The zero-order valence-electron chi connectivity index (χ0n) is 6.83. The highest BCUT2D eigenvalue weighted by Crippen LogP contribution is 2.07. The summed E-state index contributed by atoms with van der Waals surface area (Å²) in [6.45, 7) is 5.85. The Kier molecular flexibility index (Phi) is 2.99. The van der Waals surface area contributed by atoms with E-state index in [4.69, 9.17) is 0 Å². The molecule has 4 heteroatoms. The van der Waals surface area contributed by atoms with E-state index < -0.39 is 0 Å². The second kappa shape index (κ2) is 4.01. The molecule has 1 aromatic heterocycles. The molecular formula is C8H10N2OS. The lowest BCUT2D eigenvalue weighted by molar-refractivity contribution is 0.0957. The molecule has 1 N–H and O–H groups in total. The summed E-state index contributed by atoms with van der Waals surface area (Å²) in [5.41, 5.74) is 0.878. The van der Waals surface area contributed by atoms with E-state index in [0.29, 0.717) is 11.6 Å². The minimum atomic E-state index is -0.131. The molecule has 1 amide bonds. The van der Waals surface area contributed by atoms with Gasteiger partial charge in [0.25, 0.3) is 5.91 Å². The Morgan fingerprint density at radius 3 is 3.17 bits per heavy atom. The number of hydrogen-bond donors (Lipinski definition) is 1. The van der Waals surface area contributed by atoms with Crippen LogP contribution in [0, 0.1) is 6.92 Å². The standard InChI is InChI=1S/C8H10N2OS/c1-3-4-9-7(11)8-10-6(2)5-12-8/h3,5H,1,4H2,2H3,(H,9,11). The number of aromatic nitrogens is 1. The van der Waals surface area contributed by atoms with Crippen molar-refractivity contribution in [3.05, 3.63) is 28.7 Å². The predicted octanol–water partition coefficient (Wildman–Crippen LogP) is 1.37. The van der Waals surface area contributed by atoms with E-state index in [2.05, 4.69) is 16.9 Å². The molecule has 0 aliphatic carbocycles. The van der Waals surface area contributed by atoms with E-state index in [9.17, 15) is 4.79 Å². The van der Waals surface area contributed by atoms with Gasteiger partial charge in [0.1, 0.15) is 0 Å². The summed E-state index contributed by atoms with van der Waals surface area (Å²) in [6, 6.07) is 0. The lowest BCUT2D eigenvalue weighted by Crippen LogP contribution is -2.22. The Morgan fingerprint density at radius 1 is 1.92 bits per heavy atom. The maximum absolute atomic E-state index is 11.2. The number of nitrogens with zero attached hydrogens (tertiary/aromatic N) is 1. The molecule has 0 atom stereocenters. The summed E-state index contributed by atoms with van der Waals surface area (Å²) in [6.07, 6.45) is 1.64. The second-order valence-electron chi connectivity index (χ2n) is 2.29. The monoisotopic (exact) mass is 182 g/mol. The molecule has 0 aromatic carbocycles. The number of thiazole rings is 1. The minimum Gasteiger partial charge on any atom is -0.347 e. The van der Waals surface area contributed by atoms with Crippen molar-refractivity contribution in [2.24, 2.45) is 0 Å². The van der Waals surface area contributed by atoms with Crippen molar-refractivity contribution in [1.29, 1.82) is 0 Å². The van der Waals surface area contributed by atoms with E-state index in [1.807, 2.05) is 12.3 Å². The van der Waals surface area contributed by atoms with Crippen LogP contribution in [0.4, 0.5) is 0 Å². The SMILES string of the molecule is C=CCNC(=O)c1nc(C)cs1. The molecule has 1 heterocycles. The van der Waals surface area contributed by atoms with Crippen LogP contribution in [0.3, 0.4) is 0 Å². The number of amides is 1. The molecular weight excluding hydrogens is 172 g/mol. The Morgan fingerprint density at radius 2 is 2.67 bits per heavy atom. The van der Waals surface area contributed by atoms with Crippen molar-refractivity contribution in [2.75, 3.05) is 6.54 Å². The normalized spacial score (nSPS) is 9.42. The maximum atomic E-state index is 11.2. The van der Waals surface area contributed by atoms with Gasteiger partial charge in [-0.1, -0.05) is 6.08 Å². The van der Waals surface area contributed by atoms with Crippen molar-refractivity contribution in [3.63, 3.8) is 0 Å². The largest absolute Gasteiger partial charge is 0.347 e. The first-order chi connectivity index (χ1) is 5.74. The molecule has 1 aromatic rings. The molecule has 1 rings (SSSR count). The summed E-state index contributed by atoms with van der Waals surface area (Å²) in [4.78, 5) is 15.2. The average Bonchev–Trinajstić information content (AvgIpc) is 2.47. The van der Waals surface area contributed by atoms with Crippen molar-refractivity contribution in [3.8, 4) is 0 Å². The zero-order chi connectivity index (χ0) is 8.97. The fourth-order valence-corrected chi connectivity index (χ4v) is 1.41. The zero-order valence-corrected chi connectivity index (χ0v) is 7.65. The highest BCUT2D eigenvalue weighted by atomic mass is 32.1. The molecule has 0 bridgehead atoms. The first-order valence-corrected chi connectivity index (χ1v) is 4.43. The van der Waals surface area contributed by atoms with E-state index >= 15 is 0 Å². The lowest BCUT2D eigenvalue weighted by Gasteiger charge is -1.95. The molecule has 64 valence electrons. The van der Waals surface area contributed by atoms with Crippen LogP contribution in [-0.2, 0) is 0 Å². The first kappa shape index (κ1) is 8.93. The van der Waals surface area contributed by atoms with Crippen molar-refractivity contribution < 1.29 is 4.79 Å². The van der Waals surface area contributed by atoms with E-state index in [1.165, 1.54) is 11.3 Å². The van der Waals surface area contributed by atoms with Gasteiger partial charge in [0.15, 0.2) is 5.01 Å². The van der Waals surface area contributed by atoms with Crippen LogP contribution < -0.4 is 5.32 Å². The van der Waals surface area contributed by atoms with Gasteiger partial charge in [0, 0.05) is 17.6 Å². The predicted molar refractivity (Wildman–Crippen MR) is 49.4 cm³/mol. The van der Waals surface area contributed by atoms with Crippen molar-refractivity contribution >= 4 is 17.2 Å². The Balaban J connectivity index is 2.59. The van der Waals surface area contributed by atoms with Gasteiger partial charge in [0.2, 0.25) is 0 Å². The van der Waals surface area contributed by atoms with Crippen molar-refractivity contribution in [2.45, 2.75) is 6.92 Å². The molecule has 0 unspecified atom stereocenters. The first-order valence-electron chi connectivity index (χ1n) is 3.55. The Hall–Kier alpha value is -1.16. The average molecular weight is 182 g/mol. The molecule has 3 nitrogen and oxygen atoms in total. The van der Waals surface area contributed by atoms with E-state index in [0.717, 1.165) is 5.69 Å². The van der Waals surface area contributed by atoms with Gasteiger partial charge in [-0.05, 0) is 6.92 Å². The van der Waals surface area contributed by atoms with Gasteiger partial charge >= 0.3 is 0 Å². The Bertz CT molecular complexity index is 293. The smallest absolute Gasteiger partial charge is 0.280 e. The molecule has 0 aliphatic rings. The van der Waals surface area contributed by atoms with Crippen molar-refractivity contribution in [1.82, 2.24) is 10.3 Å². The van der Waals surface area contributed by atoms with Crippen LogP contribution in [0.25, 0.3) is 0 Å². The lowest BCUT2D eigenvalue weighted by atomic mass is 10.5. The van der Waals surface area contributed by atoms with Gasteiger partial charge in [0.05, 0.1) is 0 Å². The number of carbonyl (C=O) groups is 1. The molecule has 12 heavy (non-hydrogen) atoms. The summed E-state index contributed by atoms with van der Waals surface area (Å²) < 4.78 is 0. The third-order valence-electron chi connectivity index (χ3n) is 1.22. The van der Waals surface area contributed by atoms with Crippen LogP contribution in [0.5, 0.6) is 0 Å². The van der Waals surface area contributed by atoms with Crippen LogP contribution >= 0.6 is 11.3 Å². The van der Waals surface area contributed by atoms with Crippen LogP contribution in [0.15, 0.2) is 18.0 Å². The van der Waals surface area contributed by atoms with Gasteiger partial charge in [-0.25, -0.2) is 4.98 Å². The highest BCUT2D eigenvalue weighted by molar-refractivity contribution is 7.11. The second-order valence-corrected chi connectivity index (χ2v) is 3.15. The quantitative estimate of drug-likeness (QED) is 0.717. The summed E-state index contributed by atoms with van der Waals surface area (Å²) in [5.74, 6) is -0.131. The minimum absolute atomic E-state index is 0.131. The van der Waals surface area contributed by atoms with Crippen LogP contribution in [0.1, 0.15) is 15.5 Å².